The summed E-state index contributed by atoms with van der Waals surface area (Å²) in [6, 6.07) is 14.2. The van der Waals surface area contributed by atoms with Gasteiger partial charge < -0.3 is 10.0 Å². The fourth-order valence-electron chi connectivity index (χ4n) is 2.87. The normalized spacial score (nSPS) is 15.0. The predicted octanol–water partition coefficient (Wildman–Crippen LogP) is 2.88. The van der Waals surface area contributed by atoms with Gasteiger partial charge in [-0.1, -0.05) is 23.7 Å². The minimum Gasteiger partial charge on any atom is -0.506 e. The number of aromatic hydroxyl groups is 1. The van der Waals surface area contributed by atoms with E-state index in [2.05, 4.69) is 11.0 Å². The summed E-state index contributed by atoms with van der Waals surface area (Å²) in [5, 5.41) is 18.5. The number of piperazine rings is 1. The highest BCUT2D eigenvalue weighted by Crippen LogP contribution is 2.24. The van der Waals surface area contributed by atoms with Crippen molar-refractivity contribution in [3.63, 3.8) is 0 Å². The molecule has 0 unspecified atom stereocenters. The van der Waals surface area contributed by atoms with Crippen LogP contribution >= 0.6 is 11.6 Å². The monoisotopic (exact) mass is 355 g/mol. The molecule has 1 heterocycles. The topological polar surface area (TPSA) is 67.6 Å². The lowest BCUT2D eigenvalue weighted by atomic mass is 10.1. The van der Waals surface area contributed by atoms with Gasteiger partial charge in [-0.25, -0.2) is 0 Å². The van der Waals surface area contributed by atoms with Crippen LogP contribution < -0.4 is 0 Å². The second kappa shape index (κ2) is 7.56. The molecule has 2 aromatic rings. The number of benzene rings is 2. The molecule has 0 aliphatic carbocycles. The highest BCUT2D eigenvalue weighted by molar-refractivity contribution is 6.32. The molecule has 5 nitrogen and oxygen atoms in total. The molecule has 0 radical (unpaired) electrons. The van der Waals surface area contributed by atoms with E-state index in [1.807, 2.05) is 24.3 Å². The number of hydrogen-bond donors (Lipinski definition) is 1. The Morgan fingerprint density at radius 3 is 2.40 bits per heavy atom. The minimum atomic E-state index is -0.0695. The van der Waals surface area contributed by atoms with Gasteiger partial charge in [0.05, 0.1) is 16.7 Å². The lowest BCUT2D eigenvalue weighted by Crippen LogP contribution is -2.48. The first-order valence-electron chi connectivity index (χ1n) is 8.06. The zero-order valence-corrected chi connectivity index (χ0v) is 14.4. The van der Waals surface area contributed by atoms with Gasteiger partial charge in [-0.15, -0.1) is 0 Å². The first kappa shape index (κ1) is 17.3. The number of hydrogen-bond acceptors (Lipinski definition) is 4. The molecule has 0 bridgehead atoms. The molecule has 2 aromatic carbocycles. The van der Waals surface area contributed by atoms with Crippen molar-refractivity contribution in [2.45, 2.75) is 6.54 Å². The van der Waals surface area contributed by atoms with E-state index in [1.54, 1.807) is 11.0 Å². The van der Waals surface area contributed by atoms with E-state index in [0.717, 1.165) is 25.2 Å². The summed E-state index contributed by atoms with van der Waals surface area (Å²) in [5.41, 5.74) is 2.30. The Morgan fingerprint density at radius 2 is 1.80 bits per heavy atom. The third kappa shape index (κ3) is 4.11. The van der Waals surface area contributed by atoms with Crippen LogP contribution in [0.5, 0.6) is 5.75 Å². The summed E-state index contributed by atoms with van der Waals surface area (Å²) >= 11 is 5.88. The number of nitriles is 1. The van der Waals surface area contributed by atoms with E-state index in [0.29, 0.717) is 24.2 Å². The van der Waals surface area contributed by atoms with Crippen molar-refractivity contribution in [3.05, 3.63) is 64.2 Å². The van der Waals surface area contributed by atoms with Gasteiger partial charge in [-0.3, -0.25) is 9.69 Å². The van der Waals surface area contributed by atoms with Crippen LogP contribution in [-0.2, 0) is 6.54 Å². The number of nitrogens with zero attached hydrogens (tertiary/aromatic N) is 3. The maximum atomic E-state index is 12.5. The van der Waals surface area contributed by atoms with Gasteiger partial charge in [0.25, 0.3) is 5.91 Å². The summed E-state index contributed by atoms with van der Waals surface area (Å²) < 4.78 is 0. The van der Waals surface area contributed by atoms with Gasteiger partial charge in [-0.05, 0) is 35.9 Å². The standard InChI is InChI=1S/C19H18ClN3O2/c20-17-11-16(5-6-18(17)24)19(25)23-9-7-22(8-10-23)13-15-3-1-14(12-21)2-4-15/h1-6,11,24H,7-10,13H2. The molecule has 0 spiro atoms. The van der Waals surface area contributed by atoms with Crippen LogP contribution in [0.25, 0.3) is 0 Å². The van der Waals surface area contributed by atoms with Gasteiger partial charge >= 0.3 is 0 Å². The Balaban J connectivity index is 1.56. The van der Waals surface area contributed by atoms with Crippen LogP contribution in [0.4, 0.5) is 0 Å². The van der Waals surface area contributed by atoms with Gasteiger partial charge in [0.1, 0.15) is 5.75 Å². The molecule has 3 rings (SSSR count). The third-order valence-corrected chi connectivity index (χ3v) is 4.65. The van der Waals surface area contributed by atoms with Gasteiger partial charge in [0, 0.05) is 38.3 Å². The van der Waals surface area contributed by atoms with Crippen LogP contribution in [0, 0.1) is 11.3 Å². The molecule has 0 saturated carbocycles. The van der Waals surface area contributed by atoms with Gasteiger partial charge in [-0.2, -0.15) is 5.26 Å². The van der Waals surface area contributed by atoms with E-state index in [-0.39, 0.29) is 16.7 Å². The van der Waals surface area contributed by atoms with Crippen molar-refractivity contribution in [1.29, 1.82) is 5.26 Å². The Bertz CT molecular complexity index is 806. The van der Waals surface area contributed by atoms with Crippen LogP contribution in [0.3, 0.4) is 0 Å². The summed E-state index contributed by atoms with van der Waals surface area (Å²) in [5.74, 6) is -0.0922. The molecular formula is C19H18ClN3O2. The second-order valence-electron chi connectivity index (χ2n) is 6.04. The largest absolute Gasteiger partial charge is 0.506 e. The number of carbonyl (C=O) groups is 1. The second-order valence-corrected chi connectivity index (χ2v) is 6.45. The number of halogens is 1. The van der Waals surface area contributed by atoms with Crippen LogP contribution in [0.15, 0.2) is 42.5 Å². The summed E-state index contributed by atoms with van der Waals surface area (Å²) in [7, 11) is 0. The average molecular weight is 356 g/mol. The molecule has 6 heteroatoms. The molecule has 1 fully saturated rings. The highest BCUT2D eigenvalue weighted by atomic mass is 35.5. The Morgan fingerprint density at radius 1 is 1.12 bits per heavy atom. The van der Waals surface area contributed by atoms with Crippen molar-refractivity contribution >= 4 is 17.5 Å². The average Bonchev–Trinajstić information content (AvgIpc) is 2.65. The number of carbonyl (C=O) groups excluding carboxylic acids is 1. The first-order chi connectivity index (χ1) is 12.1. The first-order valence-corrected chi connectivity index (χ1v) is 8.44. The molecule has 1 aliphatic heterocycles. The van der Waals surface area contributed by atoms with Crippen molar-refractivity contribution in [3.8, 4) is 11.8 Å². The minimum absolute atomic E-state index is 0.0227. The van der Waals surface area contributed by atoms with E-state index < -0.39 is 0 Å². The van der Waals surface area contributed by atoms with Crippen LogP contribution in [0.2, 0.25) is 5.02 Å². The molecule has 128 valence electrons. The van der Waals surface area contributed by atoms with E-state index in [9.17, 15) is 9.90 Å². The quantitative estimate of drug-likeness (QED) is 0.919. The van der Waals surface area contributed by atoms with E-state index in [4.69, 9.17) is 16.9 Å². The zero-order chi connectivity index (χ0) is 17.8. The molecule has 1 amide bonds. The van der Waals surface area contributed by atoms with Gasteiger partial charge in [0.15, 0.2) is 0 Å². The summed E-state index contributed by atoms with van der Waals surface area (Å²) in [4.78, 5) is 16.6. The van der Waals surface area contributed by atoms with Crippen molar-refractivity contribution in [1.82, 2.24) is 9.80 Å². The fourth-order valence-corrected chi connectivity index (χ4v) is 3.06. The molecule has 1 aliphatic rings. The molecule has 0 aromatic heterocycles. The lowest BCUT2D eigenvalue weighted by Gasteiger charge is -2.34. The highest BCUT2D eigenvalue weighted by Gasteiger charge is 2.22. The third-order valence-electron chi connectivity index (χ3n) is 4.34. The fraction of sp³-hybridized carbons (Fsp3) is 0.263. The number of phenols is 1. The predicted molar refractivity (Wildman–Crippen MR) is 95.5 cm³/mol. The SMILES string of the molecule is N#Cc1ccc(CN2CCN(C(=O)c3ccc(O)c(Cl)c3)CC2)cc1. The number of phenolic OH excluding ortho intramolecular Hbond substituents is 1. The Labute approximate surface area is 151 Å². The summed E-state index contributed by atoms with van der Waals surface area (Å²) in [6.45, 7) is 3.68. The van der Waals surface area contributed by atoms with Crippen molar-refractivity contribution in [2.75, 3.05) is 26.2 Å². The molecule has 1 saturated heterocycles. The lowest BCUT2D eigenvalue weighted by molar-refractivity contribution is 0.0628. The van der Waals surface area contributed by atoms with E-state index >= 15 is 0 Å². The molecule has 0 atom stereocenters. The van der Waals surface area contributed by atoms with Gasteiger partial charge in [0.2, 0.25) is 0 Å². The maximum absolute atomic E-state index is 12.5. The van der Waals surface area contributed by atoms with E-state index in [1.165, 1.54) is 12.1 Å². The smallest absolute Gasteiger partial charge is 0.253 e. The van der Waals surface area contributed by atoms with Crippen LogP contribution in [-0.4, -0.2) is 47.0 Å². The number of rotatable bonds is 3. The zero-order valence-electron chi connectivity index (χ0n) is 13.7. The maximum Gasteiger partial charge on any atom is 0.253 e. The molecule has 25 heavy (non-hydrogen) atoms. The summed E-state index contributed by atoms with van der Waals surface area (Å²) in [6.07, 6.45) is 0. The molecule has 1 N–H and O–H groups in total. The molecular weight excluding hydrogens is 338 g/mol. The van der Waals surface area contributed by atoms with Crippen molar-refractivity contribution in [2.24, 2.45) is 0 Å². The van der Waals surface area contributed by atoms with Crippen LogP contribution in [0.1, 0.15) is 21.5 Å². The Kier molecular flexibility index (Phi) is 5.22. The van der Waals surface area contributed by atoms with Crippen molar-refractivity contribution < 1.29 is 9.90 Å². The number of amides is 1. The Hall–Kier alpha value is -2.55.